The number of aromatic nitrogens is 2. The predicted molar refractivity (Wildman–Crippen MR) is 99.6 cm³/mol. The lowest BCUT2D eigenvalue weighted by Gasteiger charge is -2.21. The Morgan fingerprint density at radius 3 is 2.76 bits per heavy atom. The third kappa shape index (κ3) is 6.13. The molecule has 0 amide bonds. The minimum absolute atomic E-state index is 0.0291. The van der Waals surface area contributed by atoms with E-state index in [2.05, 4.69) is 27.6 Å². The first-order valence-electron chi connectivity index (χ1n) is 8.27. The van der Waals surface area contributed by atoms with Crippen LogP contribution in [0.5, 0.6) is 0 Å². The van der Waals surface area contributed by atoms with Gasteiger partial charge in [0.15, 0.2) is 22.6 Å². The molecular formula is C14H28N8O2S. The lowest BCUT2D eigenvalue weighted by molar-refractivity contribution is -0.0645. The van der Waals surface area contributed by atoms with Crippen LogP contribution in [0, 0.1) is 0 Å². The first-order chi connectivity index (χ1) is 11.8. The highest BCUT2D eigenvalue weighted by Crippen LogP contribution is 2.31. The van der Waals surface area contributed by atoms with Crippen LogP contribution in [-0.4, -0.2) is 45.4 Å². The number of nitrogens with zero attached hydrogens (tertiary/aromatic N) is 2. The Labute approximate surface area is 151 Å². The van der Waals surface area contributed by atoms with E-state index in [4.69, 9.17) is 27.8 Å². The average Bonchev–Trinajstić information content (AvgIpc) is 2.98. The number of anilines is 3. The van der Waals surface area contributed by atoms with Crippen LogP contribution in [-0.2, 0) is 4.74 Å². The van der Waals surface area contributed by atoms with Crippen molar-refractivity contribution in [3.8, 4) is 0 Å². The van der Waals surface area contributed by atoms with Gasteiger partial charge in [0, 0.05) is 11.8 Å². The number of aliphatic hydroxyl groups is 1. The first kappa shape index (κ1) is 19.9. The number of ether oxygens (including phenoxy) is 1. The zero-order valence-electron chi connectivity index (χ0n) is 14.4. The van der Waals surface area contributed by atoms with E-state index >= 15 is 0 Å². The number of hydrazine groups is 1. The van der Waals surface area contributed by atoms with Crippen molar-refractivity contribution in [2.75, 3.05) is 28.8 Å². The second-order valence-electron chi connectivity index (χ2n) is 6.19. The number of rotatable bonds is 9. The Bertz CT molecular complexity index is 568. The molecule has 0 saturated heterocycles. The van der Waals surface area contributed by atoms with E-state index in [0.29, 0.717) is 22.5 Å². The van der Waals surface area contributed by atoms with Gasteiger partial charge < -0.3 is 26.3 Å². The van der Waals surface area contributed by atoms with Gasteiger partial charge >= 0.3 is 0 Å². The van der Waals surface area contributed by atoms with Crippen molar-refractivity contribution >= 4 is 29.1 Å². The second kappa shape index (κ2) is 8.83. The molecule has 10 nitrogen and oxygen atoms in total. The molecule has 142 valence electrons. The molecular weight excluding hydrogens is 344 g/mol. The maximum absolute atomic E-state index is 9.34. The van der Waals surface area contributed by atoms with E-state index in [1.165, 1.54) is 0 Å². The number of nitrogens with two attached hydrogens (primary N) is 4. The minimum atomic E-state index is -1.81. The van der Waals surface area contributed by atoms with Crippen molar-refractivity contribution < 1.29 is 9.84 Å². The zero-order valence-corrected chi connectivity index (χ0v) is 15.2. The van der Waals surface area contributed by atoms with Crippen molar-refractivity contribution in [2.45, 2.75) is 55.8 Å². The summed E-state index contributed by atoms with van der Waals surface area (Å²) < 4.78 is 5.55. The van der Waals surface area contributed by atoms with Crippen molar-refractivity contribution in [2.24, 2.45) is 17.3 Å². The van der Waals surface area contributed by atoms with Gasteiger partial charge in [-0.3, -0.25) is 17.3 Å². The molecule has 11 N–H and O–H groups in total. The normalized spacial score (nSPS) is 20.7. The monoisotopic (exact) mass is 372 g/mol. The Hall–Kier alpha value is -1.37. The fourth-order valence-corrected chi connectivity index (χ4v) is 3.33. The topological polar surface area (TPSA) is 183 Å². The van der Waals surface area contributed by atoms with Crippen LogP contribution in [0.25, 0.3) is 0 Å². The van der Waals surface area contributed by atoms with Crippen molar-refractivity contribution in [3.63, 3.8) is 0 Å². The Morgan fingerprint density at radius 1 is 1.36 bits per heavy atom. The second-order valence-corrected chi connectivity index (χ2v) is 7.25. The fraction of sp³-hybridized carbons (Fsp3) is 0.714. The minimum Gasteiger partial charge on any atom is -0.382 e. The molecule has 2 rings (SSSR count). The SMILES string of the molecule is CCCSc1nc(N)c(NN)c(NC2CCC(OCC(N)(N)O)C2)n1. The van der Waals surface area contributed by atoms with Crippen molar-refractivity contribution in [1.82, 2.24) is 9.97 Å². The summed E-state index contributed by atoms with van der Waals surface area (Å²) in [6.45, 7) is 1.98. The van der Waals surface area contributed by atoms with E-state index in [9.17, 15) is 5.11 Å². The number of thioether (sulfide) groups is 1. The van der Waals surface area contributed by atoms with Gasteiger partial charge in [-0.25, -0.2) is 9.97 Å². The van der Waals surface area contributed by atoms with E-state index in [1.54, 1.807) is 11.8 Å². The third-order valence-electron chi connectivity index (χ3n) is 3.77. The molecule has 1 aromatic rings. The molecule has 25 heavy (non-hydrogen) atoms. The van der Waals surface area contributed by atoms with Crippen LogP contribution in [0.4, 0.5) is 17.3 Å². The van der Waals surface area contributed by atoms with Gasteiger partial charge in [0.25, 0.3) is 0 Å². The average molecular weight is 372 g/mol. The van der Waals surface area contributed by atoms with Crippen molar-refractivity contribution in [1.29, 1.82) is 0 Å². The highest BCUT2D eigenvalue weighted by atomic mass is 32.2. The van der Waals surface area contributed by atoms with Gasteiger partial charge in [-0.2, -0.15) is 0 Å². The summed E-state index contributed by atoms with van der Waals surface area (Å²) in [4.78, 5) is 8.77. The van der Waals surface area contributed by atoms with Crippen LogP contribution in [0.15, 0.2) is 5.16 Å². The van der Waals surface area contributed by atoms with E-state index in [0.717, 1.165) is 31.4 Å². The van der Waals surface area contributed by atoms with Crippen LogP contribution >= 0.6 is 11.8 Å². The van der Waals surface area contributed by atoms with Crippen molar-refractivity contribution in [3.05, 3.63) is 0 Å². The fourth-order valence-electron chi connectivity index (χ4n) is 2.63. The van der Waals surface area contributed by atoms with Crippen LogP contribution < -0.4 is 33.8 Å². The molecule has 0 aromatic carbocycles. The Kier molecular flexibility index (Phi) is 7.04. The smallest absolute Gasteiger partial charge is 0.191 e. The molecule has 2 unspecified atom stereocenters. The molecule has 0 bridgehead atoms. The quantitative estimate of drug-likeness (QED) is 0.0997. The van der Waals surface area contributed by atoms with Crippen LogP contribution in [0.2, 0.25) is 0 Å². The zero-order chi connectivity index (χ0) is 18.4. The lowest BCUT2D eigenvalue weighted by atomic mass is 10.2. The van der Waals surface area contributed by atoms with Gasteiger partial charge in [0.1, 0.15) is 12.3 Å². The molecule has 0 radical (unpaired) electrons. The standard InChI is InChI=1S/C14H28N8O2S/c1-2-5-25-13-20-11(15)10(22-18)12(21-13)19-8-3-4-9(6-8)24-7-14(16,17)23/h8-9,22-23H,2-7,16-18H2,1H3,(H3,15,19,20,21). The largest absolute Gasteiger partial charge is 0.382 e. The summed E-state index contributed by atoms with van der Waals surface area (Å²) in [7, 11) is 0. The van der Waals surface area contributed by atoms with E-state index < -0.39 is 5.85 Å². The van der Waals surface area contributed by atoms with E-state index in [-0.39, 0.29) is 18.8 Å². The van der Waals surface area contributed by atoms with Gasteiger partial charge in [0.05, 0.1) is 6.10 Å². The molecule has 1 heterocycles. The summed E-state index contributed by atoms with van der Waals surface area (Å²) in [6.07, 6.45) is 3.44. The number of nitrogen functional groups attached to an aromatic ring is 2. The number of hydrogen-bond donors (Lipinski definition) is 7. The lowest BCUT2D eigenvalue weighted by Crippen LogP contribution is -2.53. The molecule has 1 saturated carbocycles. The highest BCUT2D eigenvalue weighted by Gasteiger charge is 2.28. The van der Waals surface area contributed by atoms with Crippen LogP contribution in [0.3, 0.4) is 0 Å². The molecule has 1 aliphatic carbocycles. The van der Waals surface area contributed by atoms with Gasteiger partial charge in [0.2, 0.25) is 0 Å². The highest BCUT2D eigenvalue weighted by molar-refractivity contribution is 7.99. The van der Waals surface area contributed by atoms with E-state index in [1.807, 2.05) is 0 Å². The van der Waals surface area contributed by atoms with Crippen LogP contribution in [0.1, 0.15) is 32.6 Å². The molecule has 1 fully saturated rings. The molecule has 0 spiro atoms. The summed E-state index contributed by atoms with van der Waals surface area (Å²) in [6, 6.07) is 0.138. The Morgan fingerprint density at radius 2 is 2.12 bits per heavy atom. The van der Waals surface area contributed by atoms with Gasteiger partial charge in [-0.05, 0) is 25.7 Å². The summed E-state index contributed by atoms with van der Waals surface area (Å²) in [5, 5.41) is 13.3. The molecule has 1 aliphatic rings. The number of hydrogen-bond acceptors (Lipinski definition) is 11. The maximum atomic E-state index is 9.34. The van der Waals surface area contributed by atoms with Gasteiger partial charge in [-0.1, -0.05) is 18.7 Å². The molecule has 2 atom stereocenters. The molecule has 1 aromatic heterocycles. The third-order valence-corrected chi connectivity index (χ3v) is 4.82. The summed E-state index contributed by atoms with van der Waals surface area (Å²) in [5.41, 5.74) is 19.6. The van der Waals surface area contributed by atoms with Gasteiger partial charge in [-0.15, -0.1) is 0 Å². The summed E-state index contributed by atoms with van der Waals surface area (Å²) in [5.74, 6) is 5.55. The number of nitrogens with one attached hydrogen (secondary N) is 2. The maximum Gasteiger partial charge on any atom is 0.191 e. The Balaban J connectivity index is 2.00. The summed E-state index contributed by atoms with van der Waals surface area (Å²) >= 11 is 1.55. The molecule has 11 heteroatoms. The first-order valence-corrected chi connectivity index (χ1v) is 9.26. The predicted octanol–water partition coefficient (Wildman–Crippen LogP) is -0.240. The molecule has 0 aliphatic heterocycles.